The van der Waals surface area contributed by atoms with E-state index in [9.17, 15) is 15.0 Å². The molecule has 0 saturated carbocycles. The summed E-state index contributed by atoms with van der Waals surface area (Å²) in [5.41, 5.74) is -0.453. The number of carbonyl (C=O) groups is 1. The summed E-state index contributed by atoms with van der Waals surface area (Å²) in [7, 11) is 1.21. The number of methoxy groups -OCH3 is 1. The van der Waals surface area contributed by atoms with Crippen LogP contribution in [0, 0.1) is 0 Å². The second-order valence-corrected chi connectivity index (χ2v) is 5.24. The van der Waals surface area contributed by atoms with Gasteiger partial charge in [0.05, 0.1) is 13.7 Å². The third kappa shape index (κ3) is 3.21. The van der Waals surface area contributed by atoms with Gasteiger partial charge in [0.25, 0.3) is 5.17 Å². The van der Waals surface area contributed by atoms with Crippen LogP contribution in [-0.2, 0) is 14.3 Å². The standard InChI is InChI=1S/C10H16N2O5S.ClH/c1-3-11-10-12-4-5(13)6(14)7(8(15)16-2)17-9(4)18-10;/h4-7,9,13-14H,3H2,1-2H3,(H,11,12);1H/t4-,5-,6+,7+,9-;/m1./s1. The number of nitrogens with zero attached hydrogens (tertiary/aromatic N) is 1. The number of amidine groups is 1. The number of quaternary nitrogens is 1. The number of rotatable bonds is 2. The summed E-state index contributed by atoms with van der Waals surface area (Å²) in [6.07, 6.45) is -3.60. The molecule has 4 N–H and O–H groups in total. The first-order chi connectivity index (χ1) is 8.58. The van der Waals surface area contributed by atoms with Crippen molar-refractivity contribution < 1.29 is 42.2 Å². The van der Waals surface area contributed by atoms with Crippen LogP contribution >= 0.6 is 11.8 Å². The van der Waals surface area contributed by atoms with E-state index >= 15 is 0 Å². The molecule has 2 aliphatic heterocycles. The third-order valence-corrected chi connectivity index (χ3v) is 4.03. The second-order valence-electron chi connectivity index (χ2n) is 4.12. The van der Waals surface area contributed by atoms with Crippen molar-refractivity contribution >= 4 is 22.9 Å². The molecule has 0 aromatic rings. The van der Waals surface area contributed by atoms with Gasteiger partial charge in [-0.05, 0) is 18.7 Å². The Hall–Kier alpha value is -0.380. The van der Waals surface area contributed by atoms with Gasteiger partial charge in [-0.25, -0.2) is 9.79 Å². The van der Waals surface area contributed by atoms with E-state index in [1.54, 1.807) is 0 Å². The number of ether oxygens (including phenoxy) is 2. The molecular weight excluding hydrogens is 296 g/mol. The molecule has 0 radical (unpaired) electrons. The zero-order valence-corrected chi connectivity index (χ0v) is 12.1. The number of aliphatic hydroxyl groups excluding tert-OH is 2. The number of hydrogen-bond acceptors (Lipinski definition) is 7. The molecule has 9 heteroatoms. The summed E-state index contributed by atoms with van der Waals surface area (Å²) in [5.74, 6) is -0.687. The van der Waals surface area contributed by atoms with Crippen molar-refractivity contribution in [1.29, 1.82) is 0 Å². The molecule has 0 amide bonds. The number of fused-ring (bicyclic) bond motifs is 1. The van der Waals surface area contributed by atoms with E-state index in [0.29, 0.717) is 0 Å². The van der Waals surface area contributed by atoms with E-state index in [2.05, 4.69) is 9.73 Å². The van der Waals surface area contributed by atoms with E-state index in [1.165, 1.54) is 18.9 Å². The Morgan fingerprint density at radius 1 is 1.53 bits per heavy atom. The number of thioether (sulfide) groups is 1. The average Bonchev–Trinajstić information content (AvgIpc) is 2.76. The maximum absolute atomic E-state index is 11.4. The van der Waals surface area contributed by atoms with Gasteiger partial charge in [0.2, 0.25) is 0 Å². The first kappa shape index (κ1) is 16.7. The van der Waals surface area contributed by atoms with Crippen LogP contribution in [0.4, 0.5) is 0 Å². The minimum atomic E-state index is -1.32. The lowest BCUT2D eigenvalue weighted by Crippen LogP contribution is -3.00. The number of aliphatic hydroxyl groups is 2. The highest BCUT2D eigenvalue weighted by molar-refractivity contribution is 8.14. The molecule has 1 saturated heterocycles. The van der Waals surface area contributed by atoms with Crippen LogP contribution in [-0.4, -0.2) is 64.8 Å². The lowest BCUT2D eigenvalue weighted by Gasteiger charge is -2.36. The molecule has 0 unspecified atom stereocenters. The van der Waals surface area contributed by atoms with Crippen molar-refractivity contribution in [1.82, 2.24) is 0 Å². The van der Waals surface area contributed by atoms with Crippen molar-refractivity contribution in [2.45, 2.75) is 36.7 Å². The number of carbonyl (C=O) groups excluding carboxylic acids is 1. The predicted molar refractivity (Wildman–Crippen MR) is 64.0 cm³/mol. The Morgan fingerprint density at radius 2 is 2.21 bits per heavy atom. The molecule has 2 rings (SSSR count). The van der Waals surface area contributed by atoms with E-state index < -0.39 is 35.8 Å². The van der Waals surface area contributed by atoms with Gasteiger partial charge in [-0.15, -0.1) is 0 Å². The van der Waals surface area contributed by atoms with Crippen LogP contribution < -0.4 is 17.7 Å². The highest BCUT2D eigenvalue weighted by Crippen LogP contribution is 2.35. The molecule has 1 fully saturated rings. The molecule has 0 aromatic heterocycles. The first-order valence-corrected chi connectivity index (χ1v) is 6.63. The number of nitrogens with two attached hydrogens (primary N) is 1. The molecule has 2 heterocycles. The Bertz CT molecular complexity index is 370. The number of hydrogen-bond donors (Lipinski definition) is 3. The maximum atomic E-state index is 11.4. The molecule has 0 bridgehead atoms. The van der Waals surface area contributed by atoms with Crippen LogP contribution in [0.15, 0.2) is 4.99 Å². The highest BCUT2D eigenvalue weighted by Gasteiger charge is 2.51. The van der Waals surface area contributed by atoms with Gasteiger partial charge in [-0.2, -0.15) is 0 Å². The van der Waals surface area contributed by atoms with E-state index in [4.69, 9.17) is 4.74 Å². The van der Waals surface area contributed by atoms with Crippen LogP contribution in [0.5, 0.6) is 0 Å². The topological polar surface area (TPSA) is 105 Å². The van der Waals surface area contributed by atoms with Crippen molar-refractivity contribution in [3.63, 3.8) is 0 Å². The van der Waals surface area contributed by atoms with Crippen LogP contribution in [0.25, 0.3) is 0 Å². The first-order valence-electron chi connectivity index (χ1n) is 5.75. The zero-order chi connectivity index (χ0) is 13.3. The van der Waals surface area contributed by atoms with Gasteiger partial charge in [-0.3, -0.25) is 5.32 Å². The second kappa shape index (κ2) is 6.87. The average molecular weight is 313 g/mol. The summed E-state index contributed by atoms with van der Waals surface area (Å²) >= 11 is 1.35. The predicted octanol–water partition coefficient (Wildman–Crippen LogP) is -5.34. The quantitative estimate of drug-likeness (QED) is 0.440. The van der Waals surface area contributed by atoms with Crippen molar-refractivity contribution in [3.05, 3.63) is 0 Å². The Balaban J connectivity index is 0.00000180. The molecule has 110 valence electrons. The summed E-state index contributed by atoms with van der Waals surface area (Å²) in [5, 5.41) is 22.5. The lowest BCUT2D eigenvalue weighted by atomic mass is 9.98. The van der Waals surface area contributed by atoms with Crippen LogP contribution in [0.3, 0.4) is 0 Å². The van der Waals surface area contributed by atoms with Gasteiger partial charge in [0.1, 0.15) is 23.7 Å². The third-order valence-electron chi connectivity index (χ3n) is 2.90. The van der Waals surface area contributed by atoms with Gasteiger partial charge < -0.3 is 32.1 Å². The molecule has 7 nitrogen and oxygen atoms in total. The highest BCUT2D eigenvalue weighted by atomic mass is 35.5. The Morgan fingerprint density at radius 3 is 2.79 bits per heavy atom. The maximum Gasteiger partial charge on any atom is 0.337 e. The number of halogens is 1. The minimum absolute atomic E-state index is 0. The van der Waals surface area contributed by atoms with Crippen LogP contribution in [0.1, 0.15) is 6.92 Å². The SMILES string of the molecule is CC[NH2+]C1=N[C@@H]2[C@@H](O)[C@H](O)[C@@H](C(=O)OC)O[C@@H]2S1.[Cl-]. The molecular formula is C10H17ClN2O5S. The molecule has 2 aliphatic rings. The van der Waals surface area contributed by atoms with Gasteiger partial charge in [0, 0.05) is 0 Å². The van der Waals surface area contributed by atoms with E-state index in [-0.39, 0.29) is 12.4 Å². The van der Waals surface area contributed by atoms with Crippen molar-refractivity contribution in [2.24, 2.45) is 4.99 Å². The largest absolute Gasteiger partial charge is 1.00 e. The minimum Gasteiger partial charge on any atom is -1.00 e. The molecule has 5 atom stereocenters. The van der Waals surface area contributed by atoms with Gasteiger partial charge >= 0.3 is 5.97 Å². The van der Waals surface area contributed by atoms with E-state index in [1.807, 2.05) is 12.2 Å². The fraction of sp³-hybridized carbons (Fsp3) is 0.800. The molecule has 0 spiro atoms. The summed E-state index contributed by atoms with van der Waals surface area (Å²) in [6, 6.07) is -0.538. The molecule has 19 heavy (non-hydrogen) atoms. The monoisotopic (exact) mass is 312 g/mol. The molecule has 0 aliphatic carbocycles. The Labute approximate surface area is 121 Å². The number of aliphatic imine (C=N–C) groups is 1. The fourth-order valence-electron chi connectivity index (χ4n) is 1.97. The number of esters is 1. The smallest absolute Gasteiger partial charge is 0.337 e. The van der Waals surface area contributed by atoms with Crippen molar-refractivity contribution in [3.8, 4) is 0 Å². The van der Waals surface area contributed by atoms with Gasteiger partial charge in [0.15, 0.2) is 6.10 Å². The molecule has 0 aromatic carbocycles. The summed E-state index contributed by atoms with van der Waals surface area (Å²) < 4.78 is 10.0. The lowest BCUT2D eigenvalue weighted by molar-refractivity contribution is -0.530. The van der Waals surface area contributed by atoms with Crippen LogP contribution in [0.2, 0.25) is 0 Å². The summed E-state index contributed by atoms with van der Waals surface area (Å²) in [6.45, 7) is 2.80. The fourth-order valence-corrected chi connectivity index (χ4v) is 3.19. The Kier molecular flexibility index (Phi) is 6.03. The normalized spacial score (nSPS) is 37.1. The zero-order valence-electron chi connectivity index (χ0n) is 10.5. The van der Waals surface area contributed by atoms with Gasteiger partial charge in [-0.1, -0.05) is 0 Å². The van der Waals surface area contributed by atoms with Crippen molar-refractivity contribution in [2.75, 3.05) is 13.7 Å². The summed E-state index contributed by atoms with van der Waals surface area (Å²) in [4.78, 5) is 15.7. The van der Waals surface area contributed by atoms with E-state index in [0.717, 1.165) is 11.7 Å².